The summed E-state index contributed by atoms with van der Waals surface area (Å²) >= 11 is 0. The van der Waals surface area contributed by atoms with Crippen LogP contribution in [0.15, 0.2) is 0 Å². The summed E-state index contributed by atoms with van der Waals surface area (Å²) in [5, 5.41) is 8.40. The van der Waals surface area contributed by atoms with E-state index in [1.165, 1.54) is 0 Å². The summed E-state index contributed by atoms with van der Waals surface area (Å²) < 4.78 is 9.56. The van der Waals surface area contributed by atoms with Gasteiger partial charge in [0.15, 0.2) is 0 Å². The second-order valence-electron chi connectivity index (χ2n) is 4.67. The van der Waals surface area contributed by atoms with Crippen molar-refractivity contribution in [2.75, 3.05) is 19.8 Å². The lowest BCUT2D eigenvalue weighted by atomic mass is 9.99. The van der Waals surface area contributed by atoms with Gasteiger partial charge in [-0.05, 0) is 5.41 Å². The van der Waals surface area contributed by atoms with Gasteiger partial charge in [-0.25, -0.2) is 0 Å². The number of hydrogen-bond donors (Lipinski definition) is 1. The lowest BCUT2D eigenvalue weighted by molar-refractivity contribution is -0.152. The first-order valence-corrected chi connectivity index (χ1v) is 5.27. The predicted molar refractivity (Wildman–Crippen MR) is 57.7 cm³/mol. The van der Waals surface area contributed by atoms with E-state index in [0.29, 0.717) is 6.61 Å². The van der Waals surface area contributed by atoms with Gasteiger partial charge < -0.3 is 14.6 Å². The van der Waals surface area contributed by atoms with Crippen LogP contribution in [0.3, 0.4) is 0 Å². The minimum absolute atomic E-state index is 0.0109. The van der Waals surface area contributed by atoms with Crippen molar-refractivity contribution in [2.45, 2.75) is 33.6 Å². The standard InChI is InChI=1S/C11H20O5/c1-11(2,3)8-16-10(14)5-4-9(13)15-7-6-12/h12H,4-8H2,1-3H3. The SMILES string of the molecule is CC(C)(C)COC(=O)CCC(=O)OCCO. The predicted octanol–water partition coefficient (Wildman–Crippen LogP) is 0.891. The van der Waals surface area contributed by atoms with Crippen LogP contribution in [-0.4, -0.2) is 36.9 Å². The molecule has 0 aromatic heterocycles. The highest BCUT2D eigenvalue weighted by Crippen LogP contribution is 2.13. The molecule has 0 fully saturated rings. The summed E-state index contributed by atoms with van der Waals surface area (Å²) in [7, 11) is 0. The van der Waals surface area contributed by atoms with Gasteiger partial charge in [-0.2, -0.15) is 0 Å². The molecule has 0 aliphatic rings. The summed E-state index contributed by atoms with van der Waals surface area (Å²) in [6.45, 7) is 5.95. The number of ether oxygens (including phenoxy) is 2. The summed E-state index contributed by atoms with van der Waals surface area (Å²) in [6, 6.07) is 0. The number of carbonyl (C=O) groups excluding carboxylic acids is 2. The van der Waals surface area contributed by atoms with E-state index in [1.807, 2.05) is 20.8 Å². The number of hydrogen-bond acceptors (Lipinski definition) is 5. The molecule has 0 bridgehead atoms. The Morgan fingerprint density at radius 2 is 1.56 bits per heavy atom. The van der Waals surface area contributed by atoms with Crippen molar-refractivity contribution in [1.29, 1.82) is 0 Å². The van der Waals surface area contributed by atoms with Crippen molar-refractivity contribution in [3.05, 3.63) is 0 Å². The second kappa shape index (κ2) is 7.22. The molecule has 0 aromatic carbocycles. The highest BCUT2D eigenvalue weighted by Gasteiger charge is 2.14. The summed E-state index contributed by atoms with van der Waals surface area (Å²) in [5.74, 6) is -0.905. The third-order valence-electron chi connectivity index (χ3n) is 1.55. The van der Waals surface area contributed by atoms with Crippen LogP contribution in [-0.2, 0) is 19.1 Å². The summed E-state index contributed by atoms with van der Waals surface area (Å²) in [6.07, 6.45) is 0.00329. The molecule has 0 atom stereocenters. The minimum Gasteiger partial charge on any atom is -0.465 e. The third-order valence-corrected chi connectivity index (χ3v) is 1.55. The monoisotopic (exact) mass is 232 g/mol. The molecule has 0 aromatic rings. The van der Waals surface area contributed by atoms with E-state index in [4.69, 9.17) is 9.84 Å². The van der Waals surface area contributed by atoms with Crippen LogP contribution in [0.5, 0.6) is 0 Å². The van der Waals surface area contributed by atoms with Gasteiger partial charge in [0.05, 0.1) is 26.1 Å². The maximum absolute atomic E-state index is 11.2. The molecule has 16 heavy (non-hydrogen) atoms. The van der Waals surface area contributed by atoms with Gasteiger partial charge in [0.2, 0.25) is 0 Å². The molecule has 0 rings (SSSR count). The molecular formula is C11H20O5. The van der Waals surface area contributed by atoms with Crippen molar-refractivity contribution < 1.29 is 24.2 Å². The van der Waals surface area contributed by atoms with E-state index < -0.39 is 11.9 Å². The van der Waals surface area contributed by atoms with Crippen LogP contribution in [0, 0.1) is 5.41 Å². The molecule has 0 radical (unpaired) electrons. The van der Waals surface area contributed by atoms with E-state index in [1.54, 1.807) is 0 Å². The fourth-order valence-electron chi connectivity index (χ4n) is 0.805. The van der Waals surface area contributed by atoms with Crippen molar-refractivity contribution >= 4 is 11.9 Å². The van der Waals surface area contributed by atoms with Crippen molar-refractivity contribution in [3.8, 4) is 0 Å². The summed E-state index contributed by atoms with van der Waals surface area (Å²) in [5.41, 5.74) is -0.0763. The van der Waals surface area contributed by atoms with Crippen LogP contribution in [0.25, 0.3) is 0 Å². The quantitative estimate of drug-likeness (QED) is 0.688. The van der Waals surface area contributed by atoms with E-state index in [9.17, 15) is 9.59 Å². The number of aliphatic hydroxyl groups is 1. The average Bonchev–Trinajstić information content (AvgIpc) is 2.19. The molecule has 0 spiro atoms. The van der Waals surface area contributed by atoms with Gasteiger partial charge in [-0.1, -0.05) is 20.8 Å². The molecular weight excluding hydrogens is 212 g/mol. The lowest BCUT2D eigenvalue weighted by Crippen LogP contribution is -2.19. The average molecular weight is 232 g/mol. The fourth-order valence-corrected chi connectivity index (χ4v) is 0.805. The highest BCUT2D eigenvalue weighted by molar-refractivity contribution is 5.77. The highest BCUT2D eigenvalue weighted by atomic mass is 16.5. The second-order valence-corrected chi connectivity index (χ2v) is 4.67. The Kier molecular flexibility index (Phi) is 6.72. The molecule has 1 N–H and O–H groups in total. The number of aliphatic hydroxyl groups excluding tert-OH is 1. The van der Waals surface area contributed by atoms with Crippen LogP contribution in [0.4, 0.5) is 0 Å². The maximum atomic E-state index is 11.2. The molecule has 0 heterocycles. The zero-order chi connectivity index (χ0) is 12.6. The van der Waals surface area contributed by atoms with Crippen LogP contribution < -0.4 is 0 Å². The third kappa shape index (κ3) is 9.45. The van der Waals surface area contributed by atoms with E-state index >= 15 is 0 Å². The van der Waals surface area contributed by atoms with Gasteiger partial charge in [-0.15, -0.1) is 0 Å². The molecule has 0 saturated carbocycles. The number of esters is 2. The lowest BCUT2D eigenvalue weighted by Gasteiger charge is -2.17. The van der Waals surface area contributed by atoms with Gasteiger partial charge in [0.1, 0.15) is 6.61 Å². The van der Waals surface area contributed by atoms with E-state index in [2.05, 4.69) is 4.74 Å². The Labute approximate surface area is 95.7 Å². The molecule has 0 saturated heterocycles. The molecule has 0 amide bonds. The van der Waals surface area contributed by atoms with Crippen LogP contribution >= 0.6 is 0 Å². The maximum Gasteiger partial charge on any atom is 0.306 e. The topological polar surface area (TPSA) is 72.8 Å². The van der Waals surface area contributed by atoms with Crippen molar-refractivity contribution in [2.24, 2.45) is 5.41 Å². The molecule has 5 nitrogen and oxygen atoms in total. The molecule has 94 valence electrons. The Bertz CT molecular complexity index is 229. The zero-order valence-electron chi connectivity index (χ0n) is 10.1. The molecule has 0 aliphatic heterocycles. The van der Waals surface area contributed by atoms with Crippen molar-refractivity contribution in [3.63, 3.8) is 0 Å². The van der Waals surface area contributed by atoms with Crippen molar-refractivity contribution in [1.82, 2.24) is 0 Å². The fraction of sp³-hybridized carbons (Fsp3) is 0.818. The Morgan fingerprint density at radius 1 is 1.06 bits per heavy atom. The smallest absolute Gasteiger partial charge is 0.306 e. The largest absolute Gasteiger partial charge is 0.465 e. The Balaban J connectivity index is 3.61. The molecule has 5 heteroatoms. The Morgan fingerprint density at radius 3 is 2.00 bits per heavy atom. The van der Waals surface area contributed by atoms with E-state index in [0.717, 1.165) is 0 Å². The Hall–Kier alpha value is -1.10. The first-order chi connectivity index (χ1) is 7.35. The first kappa shape index (κ1) is 14.9. The van der Waals surface area contributed by atoms with E-state index in [-0.39, 0.29) is 31.5 Å². The molecule has 0 aliphatic carbocycles. The van der Waals surface area contributed by atoms with Gasteiger partial charge >= 0.3 is 11.9 Å². The zero-order valence-corrected chi connectivity index (χ0v) is 10.1. The van der Waals surface area contributed by atoms with Gasteiger partial charge in [0.25, 0.3) is 0 Å². The van der Waals surface area contributed by atoms with Crippen LogP contribution in [0.1, 0.15) is 33.6 Å². The summed E-state index contributed by atoms with van der Waals surface area (Å²) in [4.78, 5) is 22.2. The normalized spacial score (nSPS) is 11.0. The van der Waals surface area contributed by atoms with Gasteiger partial charge in [0, 0.05) is 0 Å². The van der Waals surface area contributed by atoms with Gasteiger partial charge in [-0.3, -0.25) is 9.59 Å². The minimum atomic E-state index is -0.498. The molecule has 0 unspecified atom stereocenters. The number of rotatable bonds is 6. The number of carbonyl (C=O) groups is 2. The van der Waals surface area contributed by atoms with Crippen LogP contribution in [0.2, 0.25) is 0 Å². The first-order valence-electron chi connectivity index (χ1n) is 5.27.